The first-order chi connectivity index (χ1) is 7.90. The van der Waals surface area contributed by atoms with Crippen LogP contribution in [0.1, 0.15) is 25.8 Å². The summed E-state index contributed by atoms with van der Waals surface area (Å²) in [6.45, 7) is 4.81. The molecule has 0 radical (unpaired) electrons. The normalized spacial score (nSPS) is 16.8. The molecule has 0 unspecified atom stereocenters. The van der Waals surface area contributed by atoms with Gasteiger partial charge in [-0.1, -0.05) is 26.0 Å². The van der Waals surface area contributed by atoms with Crippen molar-refractivity contribution in [1.29, 1.82) is 0 Å². The largest absolute Gasteiger partial charge is 0.508 e. The van der Waals surface area contributed by atoms with E-state index in [4.69, 9.17) is 0 Å². The lowest BCUT2D eigenvalue weighted by molar-refractivity contribution is -0.0293. The predicted octanol–water partition coefficient (Wildman–Crippen LogP) is 2.19. The van der Waals surface area contributed by atoms with Crippen molar-refractivity contribution in [1.82, 2.24) is 4.90 Å². The Bertz CT molecular complexity index is 365. The first-order valence-electron chi connectivity index (χ1n) is 6.06. The van der Waals surface area contributed by atoms with E-state index in [1.54, 1.807) is 18.2 Å². The first kappa shape index (κ1) is 14.0. The summed E-state index contributed by atoms with van der Waals surface area (Å²) in [6, 6.07) is 6.91. The van der Waals surface area contributed by atoms with Crippen LogP contribution >= 0.6 is 0 Å². The van der Waals surface area contributed by atoms with Crippen LogP contribution in [-0.2, 0) is 5.60 Å². The number of aromatic hydroxyl groups is 1. The fourth-order valence-electron chi connectivity index (χ4n) is 2.31. The van der Waals surface area contributed by atoms with Gasteiger partial charge in [0.25, 0.3) is 0 Å². The molecule has 1 aromatic rings. The molecule has 0 aliphatic rings. The molecule has 3 nitrogen and oxygen atoms in total. The Hall–Kier alpha value is -1.06. The number of benzene rings is 1. The second-order valence-electron chi connectivity index (χ2n) is 4.99. The van der Waals surface area contributed by atoms with E-state index < -0.39 is 5.60 Å². The molecule has 0 aliphatic carbocycles. The highest BCUT2D eigenvalue weighted by Gasteiger charge is 2.34. The first-order valence-corrected chi connectivity index (χ1v) is 6.06. The van der Waals surface area contributed by atoms with E-state index in [9.17, 15) is 10.2 Å². The van der Waals surface area contributed by atoms with Gasteiger partial charge in [-0.3, -0.25) is 0 Å². The summed E-state index contributed by atoms with van der Waals surface area (Å²) in [6.07, 6.45) is 0.630. The van der Waals surface area contributed by atoms with Crippen LogP contribution in [0, 0.1) is 5.92 Å². The van der Waals surface area contributed by atoms with Crippen molar-refractivity contribution in [3.05, 3.63) is 29.8 Å². The van der Waals surface area contributed by atoms with Gasteiger partial charge < -0.3 is 15.1 Å². The number of hydrogen-bond acceptors (Lipinski definition) is 3. The van der Waals surface area contributed by atoms with Crippen molar-refractivity contribution in [2.75, 3.05) is 20.6 Å². The Kier molecular flexibility index (Phi) is 4.54. The quantitative estimate of drug-likeness (QED) is 0.825. The zero-order chi connectivity index (χ0) is 13.1. The summed E-state index contributed by atoms with van der Waals surface area (Å²) >= 11 is 0. The van der Waals surface area contributed by atoms with Gasteiger partial charge in [-0.2, -0.15) is 0 Å². The standard InChI is InChI=1S/C14H23NO2/c1-5-14(17,11(2)10-15(3)4)12-7-6-8-13(16)9-12/h6-9,11,16-17H,5,10H2,1-4H3/t11-,14-/m0/s1. The van der Waals surface area contributed by atoms with Gasteiger partial charge in [-0.25, -0.2) is 0 Å². The van der Waals surface area contributed by atoms with Crippen molar-refractivity contribution < 1.29 is 10.2 Å². The Morgan fingerprint density at radius 3 is 2.47 bits per heavy atom. The molecule has 96 valence electrons. The highest BCUT2D eigenvalue weighted by Crippen LogP contribution is 2.34. The van der Waals surface area contributed by atoms with Gasteiger partial charge in [-0.15, -0.1) is 0 Å². The van der Waals surface area contributed by atoms with E-state index in [0.29, 0.717) is 6.42 Å². The van der Waals surface area contributed by atoms with Crippen molar-refractivity contribution in [3.8, 4) is 5.75 Å². The molecule has 1 rings (SSSR count). The predicted molar refractivity (Wildman–Crippen MR) is 70.0 cm³/mol. The molecule has 17 heavy (non-hydrogen) atoms. The maximum atomic E-state index is 10.8. The fraction of sp³-hybridized carbons (Fsp3) is 0.571. The van der Waals surface area contributed by atoms with Gasteiger partial charge in [0.1, 0.15) is 5.75 Å². The summed E-state index contributed by atoms with van der Waals surface area (Å²) in [5.41, 5.74) is -0.0995. The van der Waals surface area contributed by atoms with E-state index in [-0.39, 0.29) is 11.7 Å². The molecular weight excluding hydrogens is 214 g/mol. The topological polar surface area (TPSA) is 43.7 Å². The molecule has 0 saturated heterocycles. The molecule has 0 amide bonds. The van der Waals surface area contributed by atoms with E-state index in [0.717, 1.165) is 12.1 Å². The SMILES string of the molecule is CC[C@@](O)(c1cccc(O)c1)[C@@H](C)CN(C)C. The summed E-state index contributed by atoms with van der Waals surface area (Å²) in [4.78, 5) is 2.06. The van der Waals surface area contributed by atoms with Crippen molar-refractivity contribution in [2.45, 2.75) is 25.9 Å². The van der Waals surface area contributed by atoms with Crippen LogP contribution in [-0.4, -0.2) is 35.8 Å². The average Bonchev–Trinajstić information content (AvgIpc) is 2.27. The van der Waals surface area contributed by atoms with Crippen LogP contribution in [0.5, 0.6) is 5.75 Å². The average molecular weight is 237 g/mol. The molecule has 1 aromatic carbocycles. The number of rotatable bonds is 5. The Balaban J connectivity index is 3.02. The molecule has 0 spiro atoms. The van der Waals surface area contributed by atoms with Crippen LogP contribution in [0.25, 0.3) is 0 Å². The van der Waals surface area contributed by atoms with Gasteiger partial charge in [-0.05, 0) is 38.2 Å². The molecule has 0 heterocycles. The van der Waals surface area contributed by atoms with Gasteiger partial charge in [0, 0.05) is 12.5 Å². The van der Waals surface area contributed by atoms with E-state index in [1.165, 1.54) is 0 Å². The molecule has 0 saturated carbocycles. The number of aliphatic hydroxyl groups is 1. The minimum Gasteiger partial charge on any atom is -0.508 e. The molecule has 3 heteroatoms. The molecule has 2 atom stereocenters. The third kappa shape index (κ3) is 3.20. The van der Waals surface area contributed by atoms with Crippen LogP contribution < -0.4 is 0 Å². The minimum absolute atomic E-state index is 0.101. The van der Waals surface area contributed by atoms with Crippen molar-refractivity contribution >= 4 is 0 Å². The maximum absolute atomic E-state index is 10.8. The summed E-state index contributed by atoms with van der Waals surface area (Å²) < 4.78 is 0. The molecule has 2 N–H and O–H groups in total. The van der Waals surface area contributed by atoms with E-state index in [1.807, 2.05) is 34.0 Å². The van der Waals surface area contributed by atoms with Crippen molar-refractivity contribution in [2.24, 2.45) is 5.92 Å². The third-order valence-corrected chi connectivity index (χ3v) is 3.34. The highest BCUT2D eigenvalue weighted by molar-refractivity contribution is 5.31. The molecule has 0 aromatic heterocycles. The van der Waals surface area contributed by atoms with E-state index >= 15 is 0 Å². The van der Waals surface area contributed by atoms with Crippen LogP contribution in [0.15, 0.2) is 24.3 Å². The number of hydrogen-bond donors (Lipinski definition) is 2. The fourth-order valence-corrected chi connectivity index (χ4v) is 2.31. The highest BCUT2D eigenvalue weighted by atomic mass is 16.3. The van der Waals surface area contributed by atoms with Crippen LogP contribution in [0.3, 0.4) is 0 Å². The lowest BCUT2D eigenvalue weighted by Crippen LogP contribution is -2.38. The van der Waals surface area contributed by atoms with Gasteiger partial charge in [0.2, 0.25) is 0 Å². The Morgan fingerprint density at radius 1 is 1.35 bits per heavy atom. The molecular formula is C14H23NO2. The number of phenolic OH excluding ortho intramolecular Hbond substituents is 1. The smallest absolute Gasteiger partial charge is 0.115 e. The molecule has 0 aliphatic heterocycles. The maximum Gasteiger partial charge on any atom is 0.115 e. The summed E-state index contributed by atoms with van der Waals surface area (Å²) in [5.74, 6) is 0.302. The van der Waals surface area contributed by atoms with E-state index in [2.05, 4.69) is 4.90 Å². The Labute approximate surface area is 104 Å². The van der Waals surface area contributed by atoms with Gasteiger partial charge >= 0.3 is 0 Å². The Morgan fingerprint density at radius 2 is 2.00 bits per heavy atom. The summed E-state index contributed by atoms with van der Waals surface area (Å²) in [5, 5.41) is 20.3. The lowest BCUT2D eigenvalue weighted by atomic mass is 9.80. The lowest BCUT2D eigenvalue weighted by Gasteiger charge is -2.35. The van der Waals surface area contributed by atoms with Gasteiger partial charge in [0.15, 0.2) is 0 Å². The monoisotopic (exact) mass is 237 g/mol. The summed E-state index contributed by atoms with van der Waals surface area (Å²) in [7, 11) is 3.99. The van der Waals surface area contributed by atoms with Crippen LogP contribution in [0.4, 0.5) is 0 Å². The third-order valence-electron chi connectivity index (χ3n) is 3.34. The zero-order valence-corrected chi connectivity index (χ0v) is 11.1. The van der Waals surface area contributed by atoms with Gasteiger partial charge in [0.05, 0.1) is 5.60 Å². The molecule has 0 fully saturated rings. The second kappa shape index (κ2) is 5.52. The molecule has 0 bridgehead atoms. The van der Waals surface area contributed by atoms with Crippen LogP contribution in [0.2, 0.25) is 0 Å². The number of phenols is 1. The number of nitrogens with zero attached hydrogens (tertiary/aromatic N) is 1. The second-order valence-corrected chi connectivity index (χ2v) is 4.99. The zero-order valence-electron chi connectivity index (χ0n) is 11.1. The van der Waals surface area contributed by atoms with Crippen molar-refractivity contribution in [3.63, 3.8) is 0 Å². The minimum atomic E-state index is -0.886.